The number of amides is 2. The third-order valence-corrected chi connectivity index (χ3v) is 7.40. The highest BCUT2D eigenvalue weighted by Gasteiger charge is 2.33. The Bertz CT molecular complexity index is 1560. The molecule has 1 aromatic carbocycles. The van der Waals surface area contributed by atoms with Gasteiger partial charge in [0.2, 0.25) is 11.9 Å². The number of rotatable bonds is 7. The highest BCUT2D eigenvalue weighted by Crippen LogP contribution is 2.32. The van der Waals surface area contributed by atoms with Crippen LogP contribution in [0, 0.1) is 6.92 Å². The number of anilines is 1. The van der Waals surface area contributed by atoms with Crippen LogP contribution in [0.5, 0.6) is 11.5 Å². The molecule has 0 bridgehead atoms. The van der Waals surface area contributed by atoms with Crippen molar-refractivity contribution in [2.24, 2.45) is 0 Å². The zero-order valence-corrected chi connectivity index (χ0v) is 23.5. The molecule has 3 aromatic heterocycles. The molecule has 216 valence electrons. The molecule has 2 amide bonds. The first-order valence-corrected chi connectivity index (χ1v) is 13.9. The molecule has 0 radical (unpaired) electrons. The Morgan fingerprint density at radius 3 is 2.69 bits per heavy atom. The van der Waals surface area contributed by atoms with Crippen molar-refractivity contribution in [1.82, 2.24) is 34.7 Å². The summed E-state index contributed by atoms with van der Waals surface area (Å²) in [4.78, 5) is 48.2. The van der Waals surface area contributed by atoms with Gasteiger partial charge in [0.25, 0.3) is 5.91 Å². The molecular formula is C30H32N8O4. The Hall–Kier alpha value is -5.00. The molecule has 2 atom stereocenters. The molecule has 1 saturated heterocycles. The van der Waals surface area contributed by atoms with Crippen molar-refractivity contribution < 1.29 is 19.1 Å². The van der Waals surface area contributed by atoms with Gasteiger partial charge in [0, 0.05) is 62.6 Å². The summed E-state index contributed by atoms with van der Waals surface area (Å²) in [6.45, 7) is 6.18. The number of benzene rings is 1. The minimum absolute atomic E-state index is 0.115. The van der Waals surface area contributed by atoms with Crippen LogP contribution in [0.25, 0.3) is 5.95 Å². The summed E-state index contributed by atoms with van der Waals surface area (Å²) in [5.74, 6) is 2.31. The number of pyridine rings is 1. The summed E-state index contributed by atoms with van der Waals surface area (Å²) in [6.07, 6.45) is 8.47. The van der Waals surface area contributed by atoms with Gasteiger partial charge in [-0.2, -0.15) is 4.98 Å². The highest BCUT2D eigenvalue weighted by molar-refractivity contribution is 5.94. The number of aryl methyl sites for hydroxylation is 1. The van der Waals surface area contributed by atoms with E-state index in [9.17, 15) is 9.59 Å². The van der Waals surface area contributed by atoms with Gasteiger partial charge in [-0.25, -0.2) is 9.97 Å². The summed E-state index contributed by atoms with van der Waals surface area (Å²) in [7, 11) is 0. The van der Waals surface area contributed by atoms with Gasteiger partial charge in [-0.15, -0.1) is 0 Å². The summed E-state index contributed by atoms with van der Waals surface area (Å²) in [6, 6.07) is 10.5. The van der Waals surface area contributed by atoms with Crippen molar-refractivity contribution in [3.8, 4) is 17.4 Å². The average Bonchev–Trinajstić information content (AvgIpc) is 3.56. The molecule has 2 aliphatic rings. The van der Waals surface area contributed by atoms with Crippen molar-refractivity contribution in [3.63, 3.8) is 0 Å². The number of nitrogens with zero attached hydrogens (tertiary/aromatic N) is 7. The van der Waals surface area contributed by atoms with Crippen molar-refractivity contribution in [1.29, 1.82) is 0 Å². The monoisotopic (exact) mass is 568 g/mol. The van der Waals surface area contributed by atoms with Gasteiger partial charge >= 0.3 is 0 Å². The predicted octanol–water partition coefficient (Wildman–Crippen LogP) is 2.74. The van der Waals surface area contributed by atoms with Gasteiger partial charge in [0.05, 0.1) is 17.6 Å². The number of piperazine rings is 1. The van der Waals surface area contributed by atoms with Crippen LogP contribution < -0.4 is 19.7 Å². The van der Waals surface area contributed by atoms with Crippen LogP contribution in [-0.4, -0.2) is 80.1 Å². The van der Waals surface area contributed by atoms with E-state index in [4.69, 9.17) is 14.5 Å². The van der Waals surface area contributed by atoms with Crippen LogP contribution in [0.2, 0.25) is 0 Å². The molecule has 2 aliphatic heterocycles. The number of carbonyl (C=O) groups excluding carboxylic acids is 2. The molecule has 12 nitrogen and oxygen atoms in total. The first kappa shape index (κ1) is 27.2. The SMILES string of the molecule is Cc1cc(N2CCN(C(=O)c3cccnc3)CC2CC(=O)NC(C)c2ccc3c(c2)OCCO3)nc(-n2ccnc2)n1. The standard InChI is InChI=1S/C30H32N8O4/c1-20-14-27(35-30(33-20)37-9-8-32-19-37)38-11-10-36(29(40)23-4-3-7-31-17-23)18-24(38)16-28(39)34-21(2)22-5-6-25-26(15-22)42-13-12-41-25/h3-9,14-15,17,19,21,24H,10-13,16,18H2,1-2H3,(H,34,39). The fraction of sp³-hybridized carbons (Fsp3) is 0.333. The third kappa shape index (κ3) is 5.87. The van der Waals surface area contributed by atoms with Crippen molar-refractivity contribution >= 4 is 17.6 Å². The number of fused-ring (bicyclic) bond motifs is 1. The van der Waals surface area contributed by atoms with Gasteiger partial charge in [-0.05, 0) is 43.7 Å². The number of hydrogen-bond acceptors (Lipinski definition) is 9. The summed E-state index contributed by atoms with van der Waals surface area (Å²) in [5, 5.41) is 3.12. The van der Waals surface area contributed by atoms with Crippen LogP contribution in [0.1, 0.15) is 41.0 Å². The second-order valence-corrected chi connectivity index (χ2v) is 10.4. The maximum absolute atomic E-state index is 13.5. The van der Waals surface area contributed by atoms with Crippen molar-refractivity contribution in [2.45, 2.75) is 32.4 Å². The zero-order chi connectivity index (χ0) is 29.1. The molecule has 6 rings (SSSR count). The first-order chi connectivity index (χ1) is 20.4. The van der Waals surface area contributed by atoms with Crippen molar-refractivity contribution in [3.05, 3.63) is 84.3 Å². The van der Waals surface area contributed by atoms with Gasteiger partial charge in [-0.1, -0.05) is 6.07 Å². The molecule has 12 heteroatoms. The van der Waals surface area contributed by atoms with E-state index >= 15 is 0 Å². The maximum Gasteiger partial charge on any atom is 0.255 e. The molecule has 5 heterocycles. The topological polar surface area (TPSA) is 128 Å². The number of carbonyl (C=O) groups is 2. The van der Waals surface area contributed by atoms with Crippen LogP contribution >= 0.6 is 0 Å². The quantitative estimate of drug-likeness (QED) is 0.358. The molecule has 42 heavy (non-hydrogen) atoms. The molecule has 0 spiro atoms. The lowest BCUT2D eigenvalue weighted by Gasteiger charge is -2.42. The van der Waals surface area contributed by atoms with Crippen LogP contribution in [0.15, 0.2) is 67.5 Å². The van der Waals surface area contributed by atoms with Gasteiger partial charge < -0.3 is 24.6 Å². The second-order valence-electron chi connectivity index (χ2n) is 10.4. The van der Waals surface area contributed by atoms with Crippen LogP contribution in [0.3, 0.4) is 0 Å². The van der Waals surface area contributed by atoms with E-state index in [1.165, 1.54) is 0 Å². The molecule has 2 unspecified atom stereocenters. The van der Waals surface area contributed by atoms with Crippen LogP contribution in [-0.2, 0) is 4.79 Å². The number of aromatic nitrogens is 5. The van der Waals surface area contributed by atoms with E-state index in [1.54, 1.807) is 52.7 Å². The van der Waals surface area contributed by atoms with E-state index in [2.05, 4.69) is 25.2 Å². The Morgan fingerprint density at radius 2 is 1.90 bits per heavy atom. The fourth-order valence-corrected chi connectivity index (χ4v) is 5.29. The smallest absolute Gasteiger partial charge is 0.255 e. The Kier molecular flexibility index (Phi) is 7.67. The van der Waals surface area contributed by atoms with E-state index in [-0.39, 0.29) is 30.3 Å². The highest BCUT2D eigenvalue weighted by atomic mass is 16.6. The normalized spacial score (nSPS) is 17.0. The van der Waals surface area contributed by atoms with Gasteiger partial charge in [0.1, 0.15) is 25.4 Å². The lowest BCUT2D eigenvalue weighted by Crippen LogP contribution is -2.56. The van der Waals surface area contributed by atoms with Gasteiger partial charge in [0.15, 0.2) is 11.5 Å². The fourth-order valence-electron chi connectivity index (χ4n) is 5.29. The minimum Gasteiger partial charge on any atom is -0.486 e. The molecular weight excluding hydrogens is 536 g/mol. The molecule has 4 aromatic rings. The zero-order valence-electron chi connectivity index (χ0n) is 23.5. The molecule has 1 N–H and O–H groups in total. The molecule has 0 saturated carbocycles. The largest absolute Gasteiger partial charge is 0.486 e. The molecule has 0 aliphatic carbocycles. The van der Waals surface area contributed by atoms with E-state index < -0.39 is 0 Å². The summed E-state index contributed by atoms with van der Waals surface area (Å²) >= 11 is 0. The first-order valence-electron chi connectivity index (χ1n) is 13.9. The second kappa shape index (κ2) is 11.9. The number of nitrogens with one attached hydrogen (secondary N) is 1. The third-order valence-electron chi connectivity index (χ3n) is 7.40. The van der Waals surface area contributed by atoms with E-state index in [0.29, 0.717) is 61.7 Å². The summed E-state index contributed by atoms with van der Waals surface area (Å²) < 4.78 is 13.1. The number of hydrogen-bond donors (Lipinski definition) is 1. The van der Waals surface area contributed by atoms with E-state index in [0.717, 1.165) is 11.3 Å². The number of imidazole rings is 1. The Labute approximate surface area is 243 Å². The van der Waals surface area contributed by atoms with Crippen LogP contribution in [0.4, 0.5) is 5.82 Å². The lowest BCUT2D eigenvalue weighted by atomic mass is 10.0. The Balaban J connectivity index is 1.23. The number of ether oxygens (including phenoxy) is 2. The lowest BCUT2D eigenvalue weighted by molar-refractivity contribution is -0.122. The average molecular weight is 569 g/mol. The molecule has 1 fully saturated rings. The summed E-state index contributed by atoms with van der Waals surface area (Å²) in [5.41, 5.74) is 2.22. The minimum atomic E-state index is -0.322. The Morgan fingerprint density at radius 1 is 1.05 bits per heavy atom. The predicted molar refractivity (Wildman–Crippen MR) is 154 cm³/mol. The maximum atomic E-state index is 13.5. The van der Waals surface area contributed by atoms with E-state index in [1.807, 2.05) is 38.1 Å². The van der Waals surface area contributed by atoms with Crippen molar-refractivity contribution in [2.75, 3.05) is 37.7 Å². The van der Waals surface area contributed by atoms with Gasteiger partial charge in [-0.3, -0.25) is 19.1 Å².